The van der Waals surface area contributed by atoms with Crippen LogP contribution in [0.25, 0.3) is 0 Å². The van der Waals surface area contributed by atoms with Crippen molar-refractivity contribution in [2.45, 2.75) is 155 Å². The van der Waals surface area contributed by atoms with Gasteiger partial charge in [0.1, 0.15) is 24.4 Å². The lowest BCUT2D eigenvalue weighted by molar-refractivity contribution is -0.305. The van der Waals surface area contributed by atoms with Gasteiger partial charge in [0.05, 0.1) is 18.8 Å². The van der Waals surface area contributed by atoms with Crippen molar-refractivity contribution in [2.24, 2.45) is 50.7 Å². The third kappa shape index (κ3) is 3.64. The highest BCUT2D eigenvalue weighted by molar-refractivity contribution is 5.66. The molecule has 5 aliphatic carbocycles. The lowest BCUT2D eigenvalue weighted by atomic mass is 9.41. The average molecular weight is 645 g/mol. The number of aliphatic hydroxyl groups is 3. The fraction of sp³-hybridized carbons (Fsp3) is 0.919. The minimum Gasteiger partial charge on any atom is -0.454 e. The zero-order valence-corrected chi connectivity index (χ0v) is 28.8. The van der Waals surface area contributed by atoms with Crippen molar-refractivity contribution in [1.82, 2.24) is 0 Å². The summed E-state index contributed by atoms with van der Waals surface area (Å²) in [6.45, 7) is 19.3. The topological polar surface area (TPSA) is 124 Å². The molecule has 0 radical (unpaired) electrons. The largest absolute Gasteiger partial charge is 0.454 e. The van der Waals surface area contributed by atoms with Gasteiger partial charge in [0.2, 0.25) is 0 Å². The second-order valence-corrected chi connectivity index (χ2v) is 18.0. The van der Waals surface area contributed by atoms with Crippen LogP contribution in [0.1, 0.15) is 99.8 Å². The molecule has 2 bridgehead atoms. The van der Waals surface area contributed by atoms with Crippen LogP contribution >= 0.6 is 0 Å². The molecule has 3 N–H and O–H groups in total. The fourth-order valence-electron chi connectivity index (χ4n) is 14.1. The van der Waals surface area contributed by atoms with E-state index >= 15 is 0 Å². The number of carbonyl (C=O) groups excluding carboxylic acids is 1. The standard InChI is InChI=1S/C37H56O9/c1-18(2)27-22-15-19(3)29-33(7)13-14-36-17-35(36)12-11-25(44-30-28(43-20(4)38)26(40)21(39)16-42-30)32(5,6)23(35)9-10-24(36)34(33,8)31(41)37(29,45-22)46-27/h19,21-31,39-41H,1,9-17H2,2-8H3/t19-,21-,22-,23+,24+,25+,26+,27-,28-,29-,30+,31-,33-,34-,35-,36+,37+/m1/s1. The van der Waals surface area contributed by atoms with Crippen molar-refractivity contribution in [3.05, 3.63) is 12.2 Å². The predicted octanol–water partition coefficient (Wildman–Crippen LogP) is 4.50. The minimum absolute atomic E-state index is 0.0447. The average Bonchev–Trinajstić information content (AvgIpc) is 3.50. The Morgan fingerprint density at radius 2 is 1.63 bits per heavy atom. The molecule has 0 unspecified atom stereocenters. The number of hydrogen-bond acceptors (Lipinski definition) is 9. The third-order valence-corrected chi connectivity index (χ3v) is 15.9. The van der Waals surface area contributed by atoms with Crippen LogP contribution in [-0.2, 0) is 28.5 Å². The second kappa shape index (κ2) is 9.79. The van der Waals surface area contributed by atoms with E-state index in [1.54, 1.807) is 0 Å². The van der Waals surface area contributed by atoms with E-state index in [-0.39, 0.29) is 57.9 Å². The molecular formula is C37H56O9. The maximum Gasteiger partial charge on any atom is 0.303 e. The van der Waals surface area contributed by atoms with E-state index in [1.165, 1.54) is 19.8 Å². The molecule has 8 rings (SSSR count). The Kier molecular flexibility index (Phi) is 6.84. The van der Waals surface area contributed by atoms with Crippen LogP contribution in [0.4, 0.5) is 0 Å². The van der Waals surface area contributed by atoms with Gasteiger partial charge in [0.25, 0.3) is 0 Å². The Labute approximate surface area is 273 Å². The molecule has 0 aromatic carbocycles. The maximum absolute atomic E-state index is 12.7. The van der Waals surface area contributed by atoms with Crippen LogP contribution in [-0.4, -0.2) is 82.7 Å². The summed E-state index contributed by atoms with van der Waals surface area (Å²) in [6.07, 6.45) is 2.90. The lowest BCUT2D eigenvalue weighted by Gasteiger charge is -2.63. The van der Waals surface area contributed by atoms with Crippen molar-refractivity contribution in [1.29, 1.82) is 0 Å². The molecule has 3 heterocycles. The molecule has 8 aliphatic rings. The number of ether oxygens (including phenoxy) is 5. The molecular weight excluding hydrogens is 588 g/mol. The van der Waals surface area contributed by atoms with Gasteiger partial charge in [-0.2, -0.15) is 0 Å². The van der Waals surface area contributed by atoms with Gasteiger partial charge < -0.3 is 39.0 Å². The number of aliphatic hydroxyl groups excluding tert-OH is 3. The van der Waals surface area contributed by atoms with Crippen LogP contribution in [0.15, 0.2) is 12.2 Å². The molecule has 5 saturated carbocycles. The van der Waals surface area contributed by atoms with Gasteiger partial charge in [0.15, 0.2) is 18.2 Å². The normalized spacial score (nSPS) is 59.3. The Morgan fingerprint density at radius 3 is 2.33 bits per heavy atom. The van der Waals surface area contributed by atoms with Crippen LogP contribution in [0.5, 0.6) is 0 Å². The first-order valence-electron chi connectivity index (χ1n) is 18.0. The second-order valence-electron chi connectivity index (χ2n) is 18.0. The third-order valence-electron chi connectivity index (χ3n) is 15.9. The smallest absolute Gasteiger partial charge is 0.303 e. The Morgan fingerprint density at radius 1 is 0.935 bits per heavy atom. The number of rotatable bonds is 4. The number of hydrogen-bond donors (Lipinski definition) is 3. The SMILES string of the molecule is C=C(C)[C@H]1O[C@@]23O[C@@H]1C[C@@H](C)[C@@H]2[C@@]1(C)CC[C@@]24C[C@@]25CC[C@H](O[C@@H]2OC[C@@H](O)[C@H](O)[C@H]2OC(C)=O)C(C)(C)[C@@H]5CC[C@H]4[C@]1(C)[C@H]3O. The first-order valence-corrected chi connectivity index (χ1v) is 18.0. The fourth-order valence-corrected chi connectivity index (χ4v) is 14.1. The molecule has 3 aliphatic heterocycles. The highest BCUT2D eigenvalue weighted by Crippen LogP contribution is 2.90. The van der Waals surface area contributed by atoms with E-state index in [2.05, 4.69) is 41.2 Å². The summed E-state index contributed by atoms with van der Waals surface area (Å²) in [4.78, 5) is 11.9. The van der Waals surface area contributed by atoms with E-state index in [4.69, 9.17) is 23.7 Å². The highest BCUT2D eigenvalue weighted by Gasteiger charge is 2.88. The van der Waals surface area contributed by atoms with Crippen molar-refractivity contribution < 1.29 is 43.8 Å². The van der Waals surface area contributed by atoms with Crippen molar-refractivity contribution in [3.8, 4) is 0 Å². The van der Waals surface area contributed by atoms with Gasteiger partial charge in [-0.05, 0) is 103 Å². The van der Waals surface area contributed by atoms with Crippen LogP contribution in [0.2, 0.25) is 0 Å². The van der Waals surface area contributed by atoms with E-state index in [1.807, 2.05) is 6.92 Å². The monoisotopic (exact) mass is 644 g/mol. The van der Waals surface area contributed by atoms with E-state index in [0.29, 0.717) is 17.8 Å². The molecule has 17 atom stereocenters. The zero-order chi connectivity index (χ0) is 33.0. The van der Waals surface area contributed by atoms with Gasteiger partial charge in [-0.3, -0.25) is 4.79 Å². The van der Waals surface area contributed by atoms with E-state index < -0.39 is 42.5 Å². The van der Waals surface area contributed by atoms with Crippen LogP contribution in [0.3, 0.4) is 0 Å². The first-order chi connectivity index (χ1) is 21.5. The maximum atomic E-state index is 12.7. The predicted molar refractivity (Wildman–Crippen MR) is 167 cm³/mol. The van der Waals surface area contributed by atoms with E-state index in [9.17, 15) is 20.1 Å². The quantitative estimate of drug-likeness (QED) is 0.231. The van der Waals surface area contributed by atoms with E-state index in [0.717, 1.165) is 44.1 Å². The molecule has 3 spiro atoms. The summed E-state index contributed by atoms with van der Waals surface area (Å²) >= 11 is 0. The molecule has 9 nitrogen and oxygen atoms in total. The van der Waals surface area contributed by atoms with Crippen LogP contribution in [0, 0.1) is 50.7 Å². The molecule has 0 amide bonds. The van der Waals surface area contributed by atoms with Gasteiger partial charge >= 0.3 is 5.97 Å². The molecule has 258 valence electrons. The van der Waals surface area contributed by atoms with Gasteiger partial charge in [-0.25, -0.2) is 0 Å². The van der Waals surface area contributed by atoms with Crippen LogP contribution < -0.4 is 0 Å². The first kappa shape index (κ1) is 32.2. The van der Waals surface area contributed by atoms with Crippen molar-refractivity contribution in [2.75, 3.05) is 6.61 Å². The van der Waals surface area contributed by atoms with Gasteiger partial charge in [-0.1, -0.05) is 41.2 Å². The minimum atomic E-state index is -1.27. The van der Waals surface area contributed by atoms with Gasteiger partial charge in [0, 0.05) is 18.3 Å². The highest BCUT2D eigenvalue weighted by atomic mass is 16.8. The Hall–Kier alpha value is -1.07. The number of carbonyl (C=O) groups is 1. The summed E-state index contributed by atoms with van der Waals surface area (Å²) in [7, 11) is 0. The summed E-state index contributed by atoms with van der Waals surface area (Å²) in [5.74, 6) is -0.168. The number of esters is 1. The molecule has 46 heavy (non-hydrogen) atoms. The molecule has 0 aromatic heterocycles. The van der Waals surface area contributed by atoms with Gasteiger partial charge in [-0.15, -0.1) is 0 Å². The summed E-state index contributed by atoms with van der Waals surface area (Å²) in [5.41, 5.74) is 0.731. The molecule has 9 heteroatoms. The Bertz CT molecular complexity index is 1320. The van der Waals surface area contributed by atoms with Crippen molar-refractivity contribution >= 4 is 5.97 Å². The molecule has 8 fully saturated rings. The summed E-state index contributed by atoms with van der Waals surface area (Å²) in [6, 6.07) is 0. The summed E-state index contributed by atoms with van der Waals surface area (Å²) < 4.78 is 31.6. The lowest BCUT2D eigenvalue weighted by Crippen LogP contribution is -2.61. The van der Waals surface area contributed by atoms with Crippen molar-refractivity contribution in [3.63, 3.8) is 0 Å². The zero-order valence-electron chi connectivity index (χ0n) is 28.8. The number of fused-ring (bicyclic) bond motifs is 4. The Balaban J connectivity index is 1.08. The molecule has 3 saturated heterocycles. The summed E-state index contributed by atoms with van der Waals surface area (Å²) in [5, 5.41) is 33.5. The molecule has 0 aromatic rings.